The van der Waals surface area contributed by atoms with Gasteiger partial charge in [-0.05, 0) is 30.9 Å². The van der Waals surface area contributed by atoms with E-state index in [1.165, 1.54) is 24.8 Å². The summed E-state index contributed by atoms with van der Waals surface area (Å²) in [4.78, 5) is 21.4. The number of aryl methyl sites for hydroxylation is 1. The van der Waals surface area contributed by atoms with Crippen LogP contribution in [0.4, 0.5) is 0 Å². The van der Waals surface area contributed by atoms with Crippen LogP contribution in [0.3, 0.4) is 0 Å². The molecular formula is C19H29N3O. The molecule has 1 spiro atoms. The Labute approximate surface area is 139 Å². The van der Waals surface area contributed by atoms with Crippen LogP contribution >= 0.6 is 0 Å². The number of piperazine rings is 1. The number of amides is 1. The van der Waals surface area contributed by atoms with Crippen LogP contribution in [0.2, 0.25) is 0 Å². The maximum atomic E-state index is 12.1. The van der Waals surface area contributed by atoms with Gasteiger partial charge in [0.15, 0.2) is 0 Å². The predicted molar refractivity (Wildman–Crippen MR) is 92.1 cm³/mol. The first-order valence-corrected chi connectivity index (χ1v) is 9.07. The van der Waals surface area contributed by atoms with Crippen molar-refractivity contribution in [3.8, 4) is 0 Å². The molecule has 2 aliphatic rings. The summed E-state index contributed by atoms with van der Waals surface area (Å²) >= 11 is 0. The standard InChI is InChI=1S/C19H29N3O/c1-3-17-7-8-18(20-13-17)14-21-11-12-22(16(2)23)19(15-21)9-5-4-6-10-19/h7-8,13H,3-6,9-12,14-15H2,1-2H3. The van der Waals surface area contributed by atoms with E-state index in [1.807, 2.05) is 6.20 Å². The molecule has 1 aromatic heterocycles. The molecule has 23 heavy (non-hydrogen) atoms. The fraction of sp³-hybridized carbons (Fsp3) is 0.684. The Bertz CT molecular complexity index is 534. The van der Waals surface area contributed by atoms with Crippen molar-refractivity contribution in [3.63, 3.8) is 0 Å². The molecule has 1 amide bonds. The summed E-state index contributed by atoms with van der Waals surface area (Å²) in [6.07, 6.45) is 9.16. The van der Waals surface area contributed by atoms with Crippen LogP contribution in [0.25, 0.3) is 0 Å². The lowest BCUT2D eigenvalue weighted by Gasteiger charge is -2.52. The van der Waals surface area contributed by atoms with Gasteiger partial charge < -0.3 is 4.90 Å². The zero-order chi connectivity index (χ0) is 16.3. The zero-order valence-electron chi connectivity index (χ0n) is 14.6. The van der Waals surface area contributed by atoms with Crippen molar-refractivity contribution in [1.29, 1.82) is 0 Å². The molecule has 4 heteroatoms. The first-order valence-electron chi connectivity index (χ1n) is 9.07. The lowest BCUT2D eigenvalue weighted by molar-refractivity contribution is -0.142. The van der Waals surface area contributed by atoms with E-state index in [-0.39, 0.29) is 11.4 Å². The molecule has 1 saturated heterocycles. The third-order valence-electron chi connectivity index (χ3n) is 5.57. The van der Waals surface area contributed by atoms with Gasteiger partial charge in [-0.3, -0.25) is 14.7 Å². The molecular weight excluding hydrogens is 286 g/mol. The minimum absolute atomic E-state index is 0.0751. The predicted octanol–water partition coefficient (Wildman–Crippen LogP) is 3.01. The highest BCUT2D eigenvalue weighted by Crippen LogP contribution is 2.37. The van der Waals surface area contributed by atoms with E-state index < -0.39 is 0 Å². The molecule has 2 fully saturated rings. The molecule has 0 bridgehead atoms. The topological polar surface area (TPSA) is 36.4 Å². The zero-order valence-corrected chi connectivity index (χ0v) is 14.6. The van der Waals surface area contributed by atoms with Crippen molar-refractivity contribution in [2.45, 2.75) is 64.5 Å². The van der Waals surface area contributed by atoms with E-state index in [1.54, 1.807) is 6.92 Å². The molecule has 4 nitrogen and oxygen atoms in total. The van der Waals surface area contributed by atoms with E-state index in [9.17, 15) is 4.79 Å². The molecule has 0 unspecified atom stereocenters. The second kappa shape index (κ2) is 7.00. The number of hydrogen-bond acceptors (Lipinski definition) is 3. The number of aromatic nitrogens is 1. The van der Waals surface area contributed by atoms with E-state index in [0.29, 0.717) is 0 Å². The largest absolute Gasteiger partial charge is 0.335 e. The van der Waals surface area contributed by atoms with Crippen LogP contribution in [0.5, 0.6) is 0 Å². The number of pyridine rings is 1. The fourth-order valence-electron chi connectivity index (χ4n) is 4.31. The maximum Gasteiger partial charge on any atom is 0.219 e. The highest BCUT2D eigenvalue weighted by molar-refractivity contribution is 5.74. The number of nitrogens with zero attached hydrogens (tertiary/aromatic N) is 3. The van der Waals surface area contributed by atoms with Crippen molar-refractivity contribution in [2.24, 2.45) is 0 Å². The second-order valence-electron chi connectivity index (χ2n) is 7.18. The first-order chi connectivity index (χ1) is 11.1. The summed E-state index contributed by atoms with van der Waals surface area (Å²) in [5.41, 5.74) is 2.51. The molecule has 2 heterocycles. The van der Waals surface area contributed by atoms with Crippen molar-refractivity contribution >= 4 is 5.91 Å². The number of hydrogen-bond donors (Lipinski definition) is 0. The lowest BCUT2D eigenvalue weighted by Crippen LogP contribution is -2.63. The Kier molecular flexibility index (Phi) is 5.00. The minimum Gasteiger partial charge on any atom is -0.335 e. The van der Waals surface area contributed by atoms with Gasteiger partial charge in [0.1, 0.15) is 0 Å². The molecule has 1 aromatic rings. The van der Waals surface area contributed by atoms with Gasteiger partial charge in [0.05, 0.1) is 11.2 Å². The van der Waals surface area contributed by atoms with Crippen molar-refractivity contribution < 1.29 is 4.79 Å². The fourth-order valence-corrected chi connectivity index (χ4v) is 4.31. The van der Waals surface area contributed by atoms with Gasteiger partial charge in [0, 0.05) is 39.3 Å². The SMILES string of the molecule is CCc1ccc(CN2CCN(C(C)=O)C3(CCCCC3)C2)nc1. The maximum absolute atomic E-state index is 12.1. The van der Waals surface area contributed by atoms with Crippen LogP contribution in [0.1, 0.15) is 57.2 Å². The third-order valence-corrected chi connectivity index (χ3v) is 5.57. The van der Waals surface area contributed by atoms with E-state index in [0.717, 1.165) is 51.1 Å². The van der Waals surface area contributed by atoms with Crippen molar-refractivity contribution in [2.75, 3.05) is 19.6 Å². The van der Waals surface area contributed by atoms with Crippen LogP contribution in [0, 0.1) is 0 Å². The summed E-state index contributed by atoms with van der Waals surface area (Å²) in [5, 5.41) is 0. The summed E-state index contributed by atoms with van der Waals surface area (Å²) in [6.45, 7) is 7.61. The highest BCUT2D eigenvalue weighted by Gasteiger charge is 2.43. The quantitative estimate of drug-likeness (QED) is 0.860. The Morgan fingerprint density at radius 2 is 2.00 bits per heavy atom. The molecule has 1 aliphatic carbocycles. The average molecular weight is 315 g/mol. The third kappa shape index (κ3) is 3.57. The van der Waals surface area contributed by atoms with Gasteiger partial charge in [0.25, 0.3) is 0 Å². The van der Waals surface area contributed by atoms with Gasteiger partial charge in [0.2, 0.25) is 5.91 Å². The Balaban J connectivity index is 1.70. The van der Waals surface area contributed by atoms with Gasteiger partial charge in [-0.15, -0.1) is 0 Å². The van der Waals surface area contributed by atoms with Gasteiger partial charge in [-0.1, -0.05) is 32.3 Å². The average Bonchev–Trinajstić information content (AvgIpc) is 2.56. The molecule has 0 aromatic carbocycles. The second-order valence-corrected chi connectivity index (χ2v) is 7.18. The summed E-state index contributed by atoms with van der Waals surface area (Å²) in [5.74, 6) is 0.247. The molecule has 126 valence electrons. The normalized spacial score (nSPS) is 21.6. The molecule has 0 N–H and O–H groups in total. The van der Waals surface area contributed by atoms with Crippen molar-refractivity contribution in [1.82, 2.24) is 14.8 Å². The monoisotopic (exact) mass is 315 g/mol. The smallest absolute Gasteiger partial charge is 0.219 e. The molecule has 1 saturated carbocycles. The van der Waals surface area contributed by atoms with Crippen LogP contribution < -0.4 is 0 Å². The highest BCUT2D eigenvalue weighted by atomic mass is 16.2. The van der Waals surface area contributed by atoms with Gasteiger partial charge >= 0.3 is 0 Å². The van der Waals surface area contributed by atoms with Gasteiger partial charge in [-0.2, -0.15) is 0 Å². The lowest BCUT2D eigenvalue weighted by atomic mass is 9.78. The summed E-state index contributed by atoms with van der Waals surface area (Å²) in [7, 11) is 0. The Morgan fingerprint density at radius 1 is 1.22 bits per heavy atom. The van der Waals surface area contributed by atoms with Crippen molar-refractivity contribution in [3.05, 3.63) is 29.6 Å². The Hall–Kier alpha value is -1.42. The molecule has 3 rings (SSSR count). The summed E-state index contributed by atoms with van der Waals surface area (Å²) in [6, 6.07) is 4.34. The molecule has 0 radical (unpaired) electrons. The number of carbonyl (C=O) groups is 1. The summed E-state index contributed by atoms with van der Waals surface area (Å²) < 4.78 is 0. The molecule has 1 aliphatic heterocycles. The number of carbonyl (C=O) groups excluding carboxylic acids is 1. The minimum atomic E-state index is 0.0751. The van der Waals surface area contributed by atoms with Gasteiger partial charge in [-0.25, -0.2) is 0 Å². The molecule has 0 atom stereocenters. The number of rotatable bonds is 3. The van der Waals surface area contributed by atoms with Crippen LogP contribution in [-0.2, 0) is 17.8 Å². The Morgan fingerprint density at radius 3 is 2.61 bits per heavy atom. The van der Waals surface area contributed by atoms with E-state index in [2.05, 4.69) is 33.8 Å². The first kappa shape index (κ1) is 16.4. The van der Waals surface area contributed by atoms with E-state index >= 15 is 0 Å². The van der Waals surface area contributed by atoms with Crippen LogP contribution in [-0.4, -0.2) is 45.9 Å². The van der Waals surface area contributed by atoms with E-state index in [4.69, 9.17) is 0 Å². The van der Waals surface area contributed by atoms with Crippen LogP contribution in [0.15, 0.2) is 18.3 Å².